The molecule has 5 heteroatoms. The lowest BCUT2D eigenvalue weighted by Crippen LogP contribution is -2.48. The Morgan fingerprint density at radius 3 is 2.84 bits per heavy atom. The second-order valence-corrected chi connectivity index (χ2v) is 7.47. The van der Waals surface area contributed by atoms with E-state index in [-0.39, 0.29) is 5.91 Å². The van der Waals surface area contributed by atoms with E-state index in [1.54, 1.807) is 0 Å². The van der Waals surface area contributed by atoms with Crippen molar-refractivity contribution in [2.24, 2.45) is 0 Å². The topological polar surface area (TPSA) is 40.9 Å². The first kappa shape index (κ1) is 16.6. The summed E-state index contributed by atoms with van der Waals surface area (Å²) in [5.74, 6) is 0.242. The van der Waals surface area contributed by atoms with Crippen molar-refractivity contribution in [2.45, 2.75) is 58.0 Å². The lowest BCUT2D eigenvalue weighted by atomic mass is 10.0. The third kappa shape index (κ3) is 3.06. The monoisotopic (exact) mass is 340 g/mol. The quantitative estimate of drug-likeness (QED) is 0.859. The van der Waals surface area contributed by atoms with Gasteiger partial charge in [-0.05, 0) is 57.3 Å². The first-order valence-corrected chi connectivity index (χ1v) is 9.64. The fraction of sp³-hybridized carbons (Fsp3) is 0.600. The number of carbonyl (C=O) groups is 1. The van der Waals surface area contributed by atoms with Crippen LogP contribution in [0, 0.1) is 6.92 Å². The Morgan fingerprint density at radius 2 is 2.04 bits per heavy atom. The number of nitrogens with zero attached hydrogens (tertiary/aromatic N) is 4. The summed E-state index contributed by atoms with van der Waals surface area (Å²) in [5, 5.41) is 0. The van der Waals surface area contributed by atoms with Crippen LogP contribution in [0.25, 0.3) is 5.65 Å². The van der Waals surface area contributed by atoms with Gasteiger partial charge in [0.1, 0.15) is 5.65 Å². The van der Waals surface area contributed by atoms with Crippen LogP contribution in [0.5, 0.6) is 0 Å². The predicted molar refractivity (Wildman–Crippen MR) is 98.6 cm³/mol. The third-order valence-corrected chi connectivity index (χ3v) is 5.94. The van der Waals surface area contributed by atoms with Gasteiger partial charge < -0.3 is 9.30 Å². The zero-order chi connectivity index (χ0) is 17.4. The van der Waals surface area contributed by atoms with Gasteiger partial charge in [-0.1, -0.05) is 13.0 Å². The minimum Gasteiger partial charge on any atom is -0.338 e. The molecule has 5 nitrogen and oxygen atoms in total. The summed E-state index contributed by atoms with van der Waals surface area (Å²) in [6.07, 6.45) is 9.19. The summed E-state index contributed by atoms with van der Waals surface area (Å²) < 4.78 is 2.02. The maximum atomic E-state index is 13.0. The molecule has 1 amide bonds. The molecule has 0 radical (unpaired) electrons. The number of imidazole rings is 1. The lowest BCUT2D eigenvalue weighted by molar-refractivity contribution is -0.132. The number of aryl methyl sites for hydroxylation is 1. The van der Waals surface area contributed by atoms with Crippen LogP contribution in [0.1, 0.15) is 43.9 Å². The Bertz CT molecular complexity index is 768. The fourth-order valence-corrected chi connectivity index (χ4v) is 4.73. The molecule has 2 atom stereocenters. The average molecular weight is 340 g/mol. The molecule has 4 rings (SSSR count). The summed E-state index contributed by atoms with van der Waals surface area (Å²) in [4.78, 5) is 22.4. The molecule has 2 aromatic rings. The van der Waals surface area contributed by atoms with E-state index < -0.39 is 0 Å². The summed E-state index contributed by atoms with van der Waals surface area (Å²) in [7, 11) is 0. The molecule has 2 aromatic heterocycles. The highest BCUT2D eigenvalue weighted by Crippen LogP contribution is 2.30. The smallest absolute Gasteiger partial charge is 0.228 e. The third-order valence-electron chi connectivity index (χ3n) is 5.94. The number of hydrogen-bond acceptors (Lipinski definition) is 3. The molecular weight excluding hydrogens is 312 g/mol. The van der Waals surface area contributed by atoms with Gasteiger partial charge in [-0.2, -0.15) is 0 Å². The minimum atomic E-state index is 0.242. The SMILES string of the molecule is CCN1CCCC1C1CCCN1C(=O)Cc1cn2cccc(C)c2n1. The van der Waals surface area contributed by atoms with Gasteiger partial charge in [0.2, 0.25) is 5.91 Å². The van der Waals surface area contributed by atoms with Crippen molar-refractivity contribution in [3.8, 4) is 0 Å². The molecule has 0 spiro atoms. The molecule has 2 fully saturated rings. The van der Waals surface area contributed by atoms with Gasteiger partial charge in [0, 0.05) is 31.0 Å². The Balaban J connectivity index is 1.50. The van der Waals surface area contributed by atoms with Gasteiger partial charge in [-0.15, -0.1) is 0 Å². The number of likely N-dealkylation sites (tertiary alicyclic amines) is 2. The second-order valence-electron chi connectivity index (χ2n) is 7.47. The Hall–Kier alpha value is -1.88. The maximum absolute atomic E-state index is 13.0. The summed E-state index contributed by atoms with van der Waals surface area (Å²) in [6.45, 7) is 7.48. The van der Waals surface area contributed by atoms with Crippen LogP contribution in [0.15, 0.2) is 24.5 Å². The first-order valence-electron chi connectivity index (χ1n) is 9.64. The second kappa shape index (κ2) is 6.79. The highest BCUT2D eigenvalue weighted by molar-refractivity contribution is 5.79. The molecule has 0 bridgehead atoms. The molecule has 0 aromatic carbocycles. The largest absolute Gasteiger partial charge is 0.338 e. The number of pyridine rings is 1. The number of likely N-dealkylation sites (N-methyl/N-ethyl adjacent to an activating group) is 1. The molecule has 2 unspecified atom stereocenters. The van der Waals surface area contributed by atoms with Crippen LogP contribution in [-0.4, -0.2) is 56.8 Å². The number of amides is 1. The van der Waals surface area contributed by atoms with Crippen molar-refractivity contribution >= 4 is 11.6 Å². The van der Waals surface area contributed by atoms with Gasteiger partial charge in [-0.25, -0.2) is 4.98 Å². The molecule has 2 saturated heterocycles. The van der Waals surface area contributed by atoms with E-state index in [1.807, 2.05) is 22.9 Å². The van der Waals surface area contributed by atoms with Gasteiger partial charge in [0.05, 0.1) is 12.1 Å². The van der Waals surface area contributed by atoms with Crippen molar-refractivity contribution in [1.82, 2.24) is 19.2 Å². The van der Waals surface area contributed by atoms with E-state index in [4.69, 9.17) is 0 Å². The van der Waals surface area contributed by atoms with Crippen LogP contribution in [0.3, 0.4) is 0 Å². The molecule has 2 aliphatic heterocycles. The number of fused-ring (bicyclic) bond motifs is 1. The molecule has 134 valence electrons. The highest BCUT2D eigenvalue weighted by Gasteiger charge is 2.39. The Labute approximate surface area is 149 Å². The molecule has 25 heavy (non-hydrogen) atoms. The van der Waals surface area contributed by atoms with Gasteiger partial charge >= 0.3 is 0 Å². The van der Waals surface area contributed by atoms with E-state index in [0.717, 1.165) is 42.8 Å². The minimum absolute atomic E-state index is 0.242. The van der Waals surface area contributed by atoms with Crippen LogP contribution in [0.4, 0.5) is 0 Å². The van der Waals surface area contributed by atoms with E-state index in [0.29, 0.717) is 18.5 Å². The summed E-state index contributed by atoms with van der Waals surface area (Å²) in [5.41, 5.74) is 2.98. The van der Waals surface area contributed by atoms with Crippen molar-refractivity contribution < 1.29 is 4.79 Å². The zero-order valence-corrected chi connectivity index (χ0v) is 15.3. The summed E-state index contributed by atoms with van der Waals surface area (Å²) >= 11 is 0. The van der Waals surface area contributed by atoms with E-state index in [2.05, 4.69) is 34.7 Å². The molecule has 4 heterocycles. The average Bonchev–Trinajstić information content (AvgIpc) is 3.33. The number of aromatic nitrogens is 2. The van der Waals surface area contributed by atoms with Crippen LogP contribution < -0.4 is 0 Å². The normalized spacial score (nSPS) is 24.5. The number of hydrogen-bond donors (Lipinski definition) is 0. The van der Waals surface area contributed by atoms with Gasteiger partial charge in [-0.3, -0.25) is 9.69 Å². The van der Waals surface area contributed by atoms with Gasteiger partial charge in [0.15, 0.2) is 0 Å². The van der Waals surface area contributed by atoms with Gasteiger partial charge in [0.25, 0.3) is 0 Å². The van der Waals surface area contributed by atoms with Crippen molar-refractivity contribution in [3.63, 3.8) is 0 Å². The van der Waals surface area contributed by atoms with E-state index >= 15 is 0 Å². The van der Waals surface area contributed by atoms with Crippen LogP contribution >= 0.6 is 0 Å². The van der Waals surface area contributed by atoms with Crippen LogP contribution in [-0.2, 0) is 11.2 Å². The number of carbonyl (C=O) groups excluding carboxylic acids is 1. The fourth-order valence-electron chi connectivity index (χ4n) is 4.73. The molecule has 0 saturated carbocycles. The van der Waals surface area contributed by atoms with Crippen molar-refractivity contribution in [1.29, 1.82) is 0 Å². The highest BCUT2D eigenvalue weighted by atomic mass is 16.2. The Kier molecular flexibility index (Phi) is 4.50. The predicted octanol–water partition coefficient (Wildman–Crippen LogP) is 2.66. The Morgan fingerprint density at radius 1 is 1.24 bits per heavy atom. The molecule has 0 N–H and O–H groups in total. The maximum Gasteiger partial charge on any atom is 0.228 e. The molecule has 2 aliphatic rings. The van der Waals surface area contributed by atoms with E-state index in [1.165, 1.54) is 19.4 Å². The molecule has 0 aliphatic carbocycles. The van der Waals surface area contributed by atoms with Crippen LogP contribution in [0.2, 0.25) is 0 Å². The lowest BCUT2D eigenvalue weighted by Gasteiger charge is -2.34. The first-order chi connectivity index (χ1) is 12.2. The standard InChI is InChI=1S/C20H28N4O/c1-3-22-10-5-8-17(22)18-9-6-12-24(18)19(25)13-16-14-23-11-4-7-15(2)20(23)21-16/h4,7,11,14,17-18H,3,5-6,8-10,12-13H2,1-2H3. The number of rotatable bonds is 4. The molecular formula is C20H28N4O. The van der Waals surface area contributed by atoms with Crippen molar-refractivity contribution in [3.05, 3.63) is 35.8 Å². The zero-order valence-electron chi connectivity index (χ0n) is 15.3. The summed E-state index contributed by atoms with van der Waals surface area (Å²) in [6, 6.07) is 5.03. The van der Waals surface area contributed by atoms with E-state index in [9.17, 15) is 4.79 Å². The van der Waals surface area contributed by atoms with Crippen molar-refractivity contribution in [2.75, 3.05) is 19.6 Å².